The Kier molecular flexibility index (Phi) is 3.66. The maximum Gasteiger partial charge on any atom is 0.200 e. The fourth-order valence-corrected chi connectivity index (χ4v) is 1.73. The van der Waals surface area contributed by atoms with Gasteiger partial charge in [0.1, 0.15) is 0 Å². The number of halogens is 5. The van der Waals surface area contributed by atoms with Gasteiger partial charge in [0.25, 0.3) is 0 Å². The molecule has 1 aromatic carbocycles. The molecule has 2 rings (SSSR count). The smallest absolute Gasteiger partial charge is 0.200 e. The fraction of sp³-hybridized carbons (Fsp3) is 0.0769. The molecule has 1 aromatic heterocycles. The molecule has 0 aliphatic carbocycles. The highest BCUT2D eigenvalue weighted by Crippen LogP contribution is 2.33. The lowest BCUT2D eigenvalue weighted by Gasteiger charge is -2.10. The number of hydrogen-bond donors (Lipinski definition) is 0. The normalized spacial score (nSPS) is 10.4. The summed E-state index contributed by atoms with van der Waals surface area (Å²) in [7, 11) is 0. The summed E-state index contributed by atoms with van der Waals surface area (Å²) in [6.07, 6.45) is 1.95. The molecule has 0 saturated carbocycles. The molecular formula is C13H5F5N2. The lowest BCUT2D eigenvalue weighted by Crippen LogP contribution is -2.05. The molecule has 7 heteroatoms. The van der Waals surface area contributed by atoms with Crippen molar-refractivity contribution in [3.05, 3.63) is 53.1 Å². The molecule has 1 heterocycles. The minimum atomic E-state index is -2.23. The number of hydrogen-bond acceptors (Lipinski definition) is 2. The molecule has 0 N–H and O–H groups in total. The first-order chi connectivity index (χ1) is 9.49. The van der Waals surface area contributed by atoms with Crippen molar-refractivity contribution in [2.75, 3.05) is 0 Å². The van der Waals surface area contributed by atoms with E-state index in [0.717, 1.165) is 6.20 Å². The van der Waals surface area contributed by atoms with Crippen molar-refractivity contribution in [2.45, 2.75) is 6.42 Å². The molecule has 0 radical (unpaired) electrons. The van der Waals surface area contributed by atoms with Crippen LogP contribution in [0.1, 0.15) is 5.56 Å². The van der Waals surface area contributed by atoms with Gasteiger partial charge in [0.05, 0.1) is 18.1 Å². The maximum absolute atomic E-state index is 13.7. The van der Waals surface area contributed by atoms with Crippen molar-refractivity contribution < 1.29 is 22.0 Å². The van der Waals surface area contributed by atoms with E-state index in [-0.39, 0.29) is 17.5 Å². The summed E-state index contributed by atoms with van der Waals surface area (Å²) < 4.78 is 66.6. The molecule has 0 aliphatic heterocycles. The zero-order valence-electron chi connectivity index (χ0n) is 9.72. The van der Waals surface area contributed by atoms with E-state index >= 15 is 0 Å². The summed E-state index contributed by atoms with van der Waals surface area (Å²) >= 11 is 0. The molecule has 20 heavy (non-hydrogen) atoms. The van der Waals surface area contributed by atoms with E-state index in [1.807, 2.05) is 0 Å². The van der Waals surface area contributed by atoms with Gasteiger partial charge in [0.2, 0.25) is 5.82 Å². The first kappa shape index (κ1) is 13.9. The quantitative estimate of drug-likeness (QED) is 0.480. The predicted octanol–water partition coefficient (Wildman–Crippen LogP) is 3.51. The van der Waals surface area contributed by atoms with Gasteiger partial charge < -0.3 is 0 Å². The Morgan fingerprint density at radius 1 is 0.950 bits per heavy atom. The second-order valence-electron chi connectivity index (χ2n) is 3.81. The van der Waals surface area contributed by atoms with Gasteiger partial charge in [-0.25, -0.2) is 22.0 Å². The van der Waals surface area contributed by atoms with Crippen molar-refractivity contribution in [1.82, 2.24) is 4.98 Å². The third kappa shape index (κ3) is 2.09. The van der Waals surface area contributed by atoms with Crippen LogP contribution in [-0.2, 0) is 6.42 Å². The molecule has 2 nitrogen and oxygen atoms in total. The van der Waals surface area contributed by atoms with E-state index in [1.54, 1.807) is 6.07 Å². The molecule has 0 saturated heterocycles. The van der Waals surface area contributed by atoms with Crippen LogP contribution in [0.15, 0.2) is 18.5 Å². The Bertz CT molecular complexity index is 692. The average molecular weight is 284 g/mol. The molecule has 0 atom stereocenters. The third-order valence-corrected chi connectivity index (χ3v) is 2.66. The Hall–Kier alpha value is -2.49. The molecule has 0 aliphatic rings. The minimum absolute atomic E-state index is 0.116. The van der Waals surface area contributed by atoms with Crippen LogP contribution in [0.25, 0.3) is 11.1 Å². The summed E-state index contributed by atoms with van der Waals surface area (Å²) in [6.45, 7) is 0. The van der Waals surface area contributed by atoms with Gasteiger partial charge in [-0.15, -0.1) is 0 Å². The molecule has 0 unspecified atom stereocenters. The monoisotopic (exact) mass is 284 g/mol. The molecule has 102 valence electrons. The van der Waals surface area contributed by atoms with Crippen molar-refractivity contribution in [1.29, 1.82) is 5.26 Å². The standard InChI is InChI=1S/C13H5F5N2/c14-9-8(10(15)12(17)13(18)11(9)16)7-5-20-4-2-6(7)1-3-19/h2,4-5H,1H2. The van der Waals surface area contributed by atoms with E-state index in [1.165, 1.54) is 12.3 Å². The van der Waals surface area contributed by atoms with Crippen LogP contribution < -0.4 is 0 Å². The predicted molar refractivity (Wildman–Crippen MR) is 58.8 cm³/mol. The summed E-state index contributed by atoms with van der Waals surface area (Å²) in [4.78, 5) is 3.59. The van der Waals surface area contributed by atoms with E-state index in [4.69, 9.17) is 5.26 Å². The first-order valence-corrected chi connectivity index (χ1v) is 5.30. The van der Waals surface area contributed by atoms with E-state index in [2.05, 4.69) is 4.98 Å². The Morgan fingerprint density at radius 3 is 2.05 bits per heavy atom. The number of aromatic nitrogens is 1. The summed E-state index contributed by atoms with van der Waals surface area (Å²) in [5, 5.41) is 8.62. The van der Waals surface area contributed by atoms with E-state index < -0.39 is 34.6 Å². The molecule has 2 aromatic rings. The number of pyridine rings is 1. The zero-order chi connectivity index (χ0) is 14.9. The van der Waals surface area contributed by atoms with Crippen LogP contribution in [0.3, 0.4) is 0 Å². The van der Waals surface area contributed by atoms with Crippen molar-refractivity contribution in [3.8, 4) is 17.2 Å². The van der Waals surface area contributed by atoms with Gasteiger partial charge in [0, 0.05) is 18.0 Å². The van der Waals surface area contributed by atoms with Gasteiger partial charge >= 0.3 is 0 Å². The van der Waals surface area contributed by atoms with Crippen LogP contribution in [-0.4, -0.2) is 4.98 Å². The molecular weight excluding hydrogens is 279 g/mol. The molecule has 0 amide bonds. The molecule has 0 fully saturated rings. The second-order valence-corrected chi connectivity index (χ2v) is 3.81. The second kappa shape index (κ2) is 5.25. The Morgan fingerprint density at radius 2 is 1.50 bits per heavy atom. The van der Waals surface area contributed by atoms with Gasteiger partial charge in [-0.2, -0.15) is 5.26 Å². The number of rotatable bonds is 2. The van der Waals surface area contributed by atoms with Gasteiger partial charge in [-0.1, -0.05) is 0 Å². The number of benzene rings is 1. The summed E-state index contributed by atoms with van der Waals surface area (Å²) in [5.41, 5.74) is -1.27. The van der Waals surface area contributed by atoms with Gasteiger partial charge in [0.15, 0.2) is 23.3 Å². The number of nitriles is 1. The zero-order valence-corrected chi connectivity index (χ0v) is 9.72. The highest BCUT2D eigenvalue weighted by molar-refractivity contribution is 5.68. The van der Waals surface area contributed by atoms with Crippen LogP contribution in [0.2, 0.25) is 0 Å². The first-order valence-electron chi connectivity index (χ1n) is 5.30. The third-order valence-electron chi connectivity index (χ3n) is 2.66. The van der Waals surface area contributed by atoms with Gasteiger partial charge in [-0.05, 0) is 11.6 Å². The lowest BCUT2D eigenvalue weighted by atomic mass is 9.99. The molecule has 0 bridgehead atoms. The highest BCUT2D eigenvalue weighted by Gasteiger charge is 2.27. The van der Waals surface area contributed by atoms with E-state index in [9.17, 15) is 22.0 Å². The Balaban J connectivity index is 2.81. The van der Waals surface area contributed by atoms with Crippen molar-refractivity contribution in [3.63, 3.8) is 0 Å². The van der Waals surface area contributed by atoms with Crippen LogP contribution in [0.4, 0.5) is 22.0 Å². The largest absolute Gasteiger partial charge is 0.264 e. The van der Waals surface area contributed by atoms with E-state index in [0.29, 0.717) is 0 Å². The van der Waals surface area contributed by atoms with Crippen molar-refractivity contribution >= 4 is 0 Å². The summed E-state index contributed by atoms with van der Waals surface area (Å²) in [5.74, 6) is -10.2. The number of nitrogens with zero attached hydrogens (tertiary/aromatic N) is 2. The topological polar surface area (TPSA) is 36.7 Å². The minimum Gasteiger partial charge on any atom is -0.264 e. The average Bonchev–Trinajstić information content (AvgIpc) is 2.45. The SMILES string of the molecule is N#CCc1ccncc1-c1c(F)c(F)c(F)c(F)c1F. The summed E-state index contributed by atoms with van der Waals surface area (Å²) in [6, 6.07) is 3.01. The van der Waals surface area contributed by atoms with Gasteiger partial charge in [-0.3, -0.25) is 4.98 Å². The van der Waals surface area contributed by atoms with Crippen LogP contribution in [0, 0.1) is 40.4 Å². The van der Waals surface area contributed by atoms with Crippen LogP contribution in [0.5, 0.6) is 0 Å². The Labute approximate surface area is 110 Å². The molecule has 0 spiro atoms. The van der Waals surface area contributed by atoms with Crippen LogP contribution >= 0.6 is 0 Å². The van der Waals surface area contributed by atoms with Crippen molar-refractivity contribution in [2.24, 2.45) is 0 Å². The lowest BCUT2D eigenvalue weighted by molar-refractivity contribution is 0.381. The highest BCUT2D eigenvalue weighted by atomic mass is 19.2. The maximum atomic E-state index is 13.7. The fourth-order valence-electron chi connectivity index (χ4n) is 1.73.